The van der Waals surface area contributed by atoms with Gasteiger partial charge in [-0.05, 0) is 13.3 Å². The van der Waals surface area contributed by atoms with E-state index in [-0.39, 0.29) is 6.54 Å². The third kappa shape index (κ3) is 2.82. The zero-order valence-corrected chi connectivity index (χ0v) is 8.90. The quantitative estimate of drug-likeness (QED) is 0.724. The van der Waals surface area contributed by atoms with Crippen molar-refractivity contribution < 1.29 is 5.11 Å². The minimum Gasteiger partial charge on any atom is -0.388 e. The molecule has 0 aliphatic heterocycles. The summed E-state index contributed by atoms with van der Waals surface area (Å²) in [6, 6.07) is 0. The van der Waals surface area contributed by atoms with Crippen LogP contribution in [-0.4, -0.2) is 26.8 Å². The number of imidazole rings is 1. The Bertz CT molecular complexity index is 281. The molecule has 4 heteroatoms. The van der Waals surface area contributed by atoms with Crippen molar-refractivity contribution in [1.82, 2.24) is 9.55 Å². The van der Waals surface area contributed by atoms with Crippen molar-refractivity contribution in [3.05, 3.63) is 18.2 Å². The fraction of sp³-hybridized carbons (Fsp3) is 0.700. The molecule has 0 aromatic carbocycles. The van der Waals surface area contributed by atoms with E-state index in [2.05, 4.69) is 16.5 Å². The molecule has 0 aliphatic carbocycles. The summed E-state index contributed by atoms with van der Waals surface area (Å²) in [5.74, 6) is 0.905. The van der Waals surface area contributed by atoms with Crippen molar-refractivity contribution in [2.75, 3.05) is 6.54 Å². The smallest absolute Gasteiger partial charge is 0.111 e. The lowest BCUT2D eigenvalue weighted by Gasteiger charge is -2.20. The van der Waals surface area contributed by atoms with Crippen LogP contribution in [0.4, 0.5) is 0 Å². The molecule has 14 heavy (non-hydrogen) atoms. The first kappa shape index (κ1) is 11.2. The van der Waals surface area contributed by atoms with Crippen LogP contribution in [0.5, 0.6) is 0 Å². The number of hydrogen-bond acceptors (Lipinski definition) is 3. The summed E-state index contributed by atoms with van der Waals surface area (Å²) >= 11 is 0. The van der Waals surface area contributed by atoms with E-state index >= 15 is 0 Å². The summed E-state index contributed by atoms with van der Waals surface area (Å²) < 4.78 is 2.06. The van der Waals surface area contributed by atoms with Crippen LogP contribution in [0.25, 0.3) is 0 Å². The second kappa shape index (κ2) is 4.57. The number of nitrogens with two attached hydrogens (primary N) is 1. The molecular weight excluding hydrogens is 178 g/mol. The van der Waals surface area contributed by atoms with Gasteiger partial charge in [-0.3, -0.25) is 0 Å². The number of aromatic nitrogens is 2. The van der Waals surface area contributed by atoms with Gasteiger partial charge in [0.05, 0.1) is 5.60 Å². The van der Waals surface area contributed by atoms with Crippen molar-refractivity contribution in [3.8, 4) is 0 Å². The van der Waals surface area contributed by atoms with Crippen LogP contribution in [0.1, 0.15) is 26.1 Å². The lowest BCUT2D eigenvalue weighted by Crippen LogP contribution is -2.37. The lowest BCUT2D eigenvalue weighted by atomic mass is 10.0. The molecule has 1 aromatic heterocycles. The molecular formula is C10H19N3O. The Labute approximate surface area is 84.8 Å². The molecule has 0 amide bonds. The van der Waals surface area contributed by atoms with Crippen LogP contribution >= 0.6 is 0 Å². The van der Waals surface area contributed by atoms with Crippen LogP contribution < -0.4 is 5.73 Å². The van der Waals surface area contributed by atoms with E-state index in [0.29, 0.717) is 6.42 Å². The largest absolute Gasteiger partial charge is 0.388 e. The molecule has 4 nitrogen and oxygen atoms in total. The lowest BCUT2D eigenvalue weighted by molar-refractivity contribution is 0.0666. The van der Waals surface area contributed by atoms with Gasteiger partial charge in [0.1, 0.15) is 5.82 Å². The fourth-order valence-electron chi connectivity index (χ4n) is 1.36. The van der Waals surface area contributed by atoms with Gasteiger partial charge in [-0.25, -0.2) is 4.98 Å². The van der Waals surface area contributed by atoms with Gasteiger partial charge < -0.3 is 15.4 Å². The number of nitrogens with zero attached hydrogens (tertiary/aromatic N) is 2. The molecule has 0 saturated carbocycles. The van der Waals surface area contributed by atoms with E-state index < -0.39 is 5.60 Å². The van der Waals surface area contributed by atoms with Crippen molar-refractivity contribution in [1.29, 1.82) is 0 Å². The van der Waals surface area contributed by atoms with E-state index in [1.54, 1.807) is 13.1 Å². The first-order chi connectivity index (χ1) is 6.59. The Morgan fingerprint density at radius 2 is 2.36 bits per heavy atom. The van der Waals surface area contributed by atoms with Gasteiger partial charge in [-0.2, -0.15) is 0 Å². The number of hydrogen-bond donors (Lipinski definition) is 2. The summed E-state index contributed by atoms with van der Waals surface area (Å²) in [5, 5.41) is 9.81. The standard InChI is InChI=1S/C10H19N3O/c1-3-5-13-6-4-12-9(13)7-10(2,14)8-11/h4,6,14H,3,5,7-8,11H2,1-2H3. The van der Waals surface area contributed by atoms with Crippen LogP contribution in [0.15, 0.2) is 12.4 Å². The molecule has 0 spiro atoms. The van der Waals surface area contributed by atoms with Crippen molar-refractivity contribution in [3.63, 3.8) is 0 Å². The minimum absolute atomic E-state index is 0.256. The van der Waals surface area contributed by atoms with E-state index in [0.717, 1.165) is 18.8 Å². The van der Waals surface area contributed by atoms with Gasteiger partial charge in [0, 0.05) is 31.9 Å². The zero-order chi connectivity index (χ0) is 10.6. The minimum atomic E-state index is -0.850. The highest BCUT2D eigenvalue weighted by Crippen LogP contribution is 2.10. The van der Waals surface area contributed by atoms with Crippen molar-refractivity contribution in [2.24, 2.45) is 5.73 Å². The van der Waals surface area contributed by atoms with E-state index in [4.69, 9.17) is 5.73 Å². The maximum absolute atomic E-state index is 9.81. The van der Waals surface area contributed by atoms with Gasteiger partial charge in [-0.15, -0.1) is 0 Å². The third-order valence-electron chi connectivity index (χ3n) is 2.24. The number of aryl methyl sites for hydroxylation is 1. The normalized spacial score (nSPS) is 15.4. The molecule has 80 valence electrons. The molecule has 0 aliphatic rings. The Kier molecular flexibility index (Phi) is 3.66. The molecule has 1 unspecified atom stereocenters. The highest BCUT2D eigenvalue weighted by molar-refractivity contribution is 4.98. The van der Waals surface area contributed by atoms with Crippen LogP contribution in [0, 0.1) is 0 Å². The summed E-state index contributed by atoms with van der Waals surface area (Å²) in [6.07, 6.45) is 5.27. The molecule has 1 aromatic rings. The molecule has 3 N–H and O–H groups in total. The number of aliphatic hydroxyl groups is 1. The summed E-state index contributed by atoms with van der Waals surface area (Å²) in [6.45, 7) is 5.05. The Morgan fingerprint density at radius 3 is 2.93 bits per heavy atom. The van der Waals surface area contributed by atoms with Gasteiger partial charge in [0.2, 0.25) is 0 Å². The highest BCUT2D eigenvalue weighted by atomic mass is 16.3. The highest BCUT2D eigenvalue weighted by Gasteiger charge is 2.21. The first-order valence-electron chi connectivity index (χ1n) is 5.01. The second-order valence-electron chi connectivity index (χ2n) is 3.91. The van der Waals surface area contributed by atoms with Gasteiger partial charge in [0.25, 0.3) is 0 Å². The average molecular weight is 197 g/mol. The summed E-state index contributed by atoms with van der Waals surface area (Å²) in [7, 11) is 0. The maximum atomic E-state index is 9.81. The molecule has 1 heterocycles. The Balaban J connectivity index is 2.70. The molecule has 0 saturated heterocycles. The van der Waals surface area contributed by atoms with Crippen LogP contribution in [0.2, 0.25) is 0 Å². The predicted octanol–water partition coefficient (Wildman–Crippen LogP) is 0.545. The average Bonchev–Trinajstić information content (AvgIpc) is 2.53. The SMILES string of the molecule is CCCn1ccnc1CC(C)(O)CN. The molecule has 1 rings (SSSR count). The Morgan fingerprint density at radius 1 is 1.64 bits per heavy atom. The second-order valence-corrected chi connectivity index (χ2v) is 3.91. The Hall–Kier alpha value is -0.870. The van der Waals surface area contributed by atoms with Crippen molar-refractivity contribution >= 4 is 0 Å². The van der Waals surface area contributed by atoms with Crippen LogP contribution in [-0.2, 0) is 13.0 Å². The van der Waals surface area contributed by atoms with E-state index in [1.807, 2.05) is 6.20 Å². The monoisotopic (exact) mass is 197 g/mol. The molecule has 0 bridgehead atoms. The summed E-state index contributed by atoms with van der Waals surface area (Å²) in [5.41, 5.74) is 4.61. The summed E-state index contributed by atoms with van der Waals surface area (Å²) in [4.78, 5) is 4.22. The van der Waals surface area contributed by atoms with Gasteiger partial charge in [-0.1, -0.05) is 6.92 Å². The fourth-order valence-corrected chi connectivity index (χ4v) is 1.36. The van der Waals surface area contributed by atoms with Gasteiger partial charge in [0.15, 0.2) is 0 Å². The van der Waals surface area contributed by atoms with Gasteiger partial charge >= 0.3 is 0 Å². The van der Waals surface area contributed by atoms with E-state index in [1.165, 1.54) is 0 Å². The zero-order valence-electron chi connectivity index (χ0n) is 8.90. The van der Waals surface area contributed by atoms with Crippen LogP contribution in [0.3, 0.4) is 0 Å². The number of rotatable bonds is 5. The predicted molar refractivity (Wildman–Crippen MR) is 55.9 cm³/mol. The third-order valence-corrected chi connectivity index (χ3v) is 2.24. The van der Waals surface area contributed by atoms with E-state index in [9.17, 15) is 5.11 Å². The molecule has 0 radical (unpaired) electrons. The van der Waals surface area contributed by atoms with Crippen molar-refractivity contribution in [2.45, 2.75) is 38.8 Å². The topological polar surface area (TPSA) is 64.1 Å². The first-order valence-corrected chi connectivity index (χ1v) is 5.01. The molecule has 1 atom stereocenters. The maximum Gasteiger partial charge on any atom is 0.111 e. The molecule has 0 fully saturated rings.